The number of anilines is 3. The topological polar surface area (TPSA) is 87.6 Å². The van der Waals surface area contributed by atoms with Gasteiger partial charge in [0.1, 0.15) is 0 Å². The molecule has 0 saturated carbocycles. The average molecular weight is 353 g/mol. The zero-order chi connectivity index (χ0) is 18.5. The summed E-state index contributed by atoms with van der Waals surface area (Å²) >= 11 is 0. The smallest absolute Gasteiger partial charge is 0.255 e. The van der Waals surface area contributed by atoms with Gasteiger partial charge in [-0.05, 0) is 49.4 Å². The zero-order valence-electron chi connectivity index (χ0n) is 15.2. The third kappa shape index (κ3) is 4.74. The molecule has 1 aliphatic heterocycles. The molecule has 5 N–H and O–H groups in total. The Bertz CT molecular complexity index is 751. The number of piperazine rings is 1. The third-order valence-electron chi connectivity index (χ3n) is 4.87. The monoisotopic (exact) mass is 353 g/mol. The molecule has 1 aliphatic rings. The first-order valence-corrected chi connectivity index (χ1v) is 8.97. The number of carbonyl (C=O) groups excluding carboxylic acids is 1. The summed E-state index contributed by atoms with van der Waals surface area (Å²) in [6.07, 6.45) is 1.02. The van der Waals surface area contributed by atoms with Crippen molar-refractivity contribution in [2.75, 3.05) is 56.6 Å². The minimum atomic E-state index is -0.193. The normalized spacial score (nSPS) is 15.7. The van der Waals surface area contributed by atoms with E-state index >= 15 is 0 Å². The maximum absolute atomic E-state index is 12.3. The van der Waals surface area contributed by atoms with Crippen molar-refractivity contribution in [2.45, 2.75) is 6.42 Å². The van der Waals surface area contributed by atoms with Gasteiger partial charge < -0.3 is 26.6 Å². The number of likely N-dealkylation sites (N-methyl/N-ethyl adjacent to an activating group) is 1. The van der Waals surface area contributed by atoms with E-state index in [9.17, 15) is 4.79 Å². The third-order valence-corrected chi connectivity index (χ3v) is 4.87. The number of carbonyl (C=O) groups is 1. The van der Waals surface area contributed by atoms with Gasteiger partial charge in [0.05, 0.1) is 11.4 Å². The summed E-state index contributed by atoms with van der Waals surface area (Å²) in [4.78, 5) is 17.2. The highest BCUT2D eigenvalue weighted by molar-refractivity contribution is 6.05. The fourth-order valence-electron chi connectivity index (χ4n) is 3.03. The molecule has 26 heavy (non-hydrogen) atoms. The van der Waals surface area contributed by atoms with Gasteiger partial charge in [0.2, 0.25) is 0 Å². The lowest BCUT2D eigenvalue weighted by molar-refractivity contribution is 0.102. The van der Waals surface area contributed by atoms with Crippen LogP contribution in [0.4, 0.5) is 17.1 Å². The molecule has 0 radical (unpaired) electrons. The molecular formula is C20H27N5O. The molecule has 1 amide bonds. The molecule has 0 unspecified atom stereocenters. The second kappa shape index (κ2) is 8.21. The largest absolute Gasteiger partial charge is 0.397 e. The van der Waals surface area contributed by atoms with Crippen LogP contribution in [0.2, 0.25) is 0 Å². The van der Waals surface area contributed by atoms with E-state index < -0.39 is 0 Å². The van der Waals surface area contributed by atoms with Crippen molar-refractivity contribution in [3.05, 3.63) is 53.6 Å². The first kappa shape index (κ1) is 18.2. The van der Waals surface area contributed by atoms with Gasteiger partial charge in [0, 0.05) is 44.0 Å². The standard InChI is InChI=1S/C20H27N5O/c1-24-10-12-25(13-11-24)9-8-15-2-5-17(6-3-15)23-20(26)16-4-7-18(21)19(22)14-16/h2-7,14H,8-13,21-22H2,1H3,(H,23,26). The first-order chi connectivity index (χ1) is 12.5. The molecule has 1 fully saturated rings. The molecule has 0 atom stereocenters. The SMILES string of the molecule is CN1CCN(CCc2ccc(NC(=O)c3ccc(N)c(N)c3)cc2)CC1. The molecule has 6 nitrogen and oxygen atoms in total. The Balaban J connectivity index is 1.52. The van der Waals surface area contributed by atoms with Crippen LogP contribution in [0.5, 0.6) is 0 Å². The van der Waals surface area contributed by atoms with Crippen LogP contribution < -0.4 is 16.8 Å². The quantitative estimate of drug-likeness (QED) is 0.715. The van der Waals surface area contributed by atoms with Crippen LogP contribution in [-0.2, 0) is 6.42 Å². The first-order valence-electron chi connectivity index (χ1n) is 8.97. The number of hydrogen-bond acceptors (Lipinski definition) is 5. The molecule has 138 valence electrons. The van der Waals surface area contributed by atoms with Gasteiger partial charge in [-0.25, -0.2) is 0 Å². The van der Waals surface area contributed by atoms with E-state index in [4.69, 9.17) is 11.5 Å². The number of rotatable bonds is 5. The van der Waals surface area contributed by atoms with Crippen molar-refractivity contribution < 1.29 is 4.79 Å². The molecule has 1 heterocycles. The van der Waals surface area contributed by atoms with Crippen molar-refractivity contribution in [2.24, 2.45) is 0 Å². The van der Waals surface area contributed by atoms with Gasteiger partial charge in [-0.15, -0.1) is 0 Å². The summed E-state index contributed by atoms with van der Waals surface area (Å²) in [5.74, 6) is -0.193. The Hall–Kier alpha value is -2.57. The number of amides is 1. The second-order valence-electron chi connectivity index (χ2n) is 6.89. The highest BCUT2D eigenvalue weighted by atomic mass is 16.1. The lowest BCUT2D eigenvalue weighted by atomic mass is 10.1. The summed E-state index contributed by atoms with van der Waals surface area (Å²) < 4.78 is 0. The maximum atomic E-state index is 12.3. The Morgan fingerprint density at radius 2 is 1.69 bits per heavy atom. The van der Waals surface area contributed by atoms with Crippen LogP contribution in [0.3, 0.4) is 0 Å². The van der Waals surface area contributed by atoms with Crippen LogP contribution in [0.1, 0.15) is 15.9 Å². The van der Waals surface area contributed by atoms with Gasteiger partial charge in [-0.3, -0.25) is 4.79 Å². The molecule has 1 saturated heterocycles. The minimum absolute atomic E-state index is 0.193. The number of hydrogen-bond donors (Lipinski definition) is 3. The number of benzene rings is 2. The van der Waals surface area contributed by atoms with Crippen molar-refractivity contribution in [3.8, 4) is 0 Å². The minimum Gasteiger partial charge on any atom is -0.397 e. The number of nitrogen functional groups attached to an aromatic ring is 2. The molecule has 3 rings (SSSR count). The van der Waals surface area contributed by atoms with E-state index in [0.717, 1.165) is 44.8 Å². The molecule has 2 aromatic carbocycles. The average Bonchev–Trinajstić information content (AvgIpc) is 2.64. The van der Waals surface area contributed by atoms with Gasteiger partial charge in [-0.2, -0.15) is 0 Å². The van der Waals surface area contributed by atoms with Gasteiger partial charge in [0.25, 0.3) is 5.91 Å². The van der Waals surface area contributed by atoms with Crippen LogP contribution in [0.25, 0.3) is 0 Å². The summed E-state index contributed by atoms with van der Waals surface area (Å²) in [5, 5.41) is 2.89. The summed E-state index contributed by atoms with van der Waals surface area (Å²) in [5.41, 5.74) is 14.9. The Labute approximate surface area is 154 Å². The zero-order valence-corrected chi connectivity index (χ0v) is 15.2. The van der Waals surface area contributed by atoms with E-state index in [1.54, 1.807) is 18.2 Å². The summed E-state index contributed by atoms with van der Waals surface area (Å²) in [6.45, 7) is 5.62. The Morgan fingerprint density at radius 3 is 2.35 bits per heavy atom. The van der Waals surface area contributed by atoms with Crippen LogP contribution >= 0.6 is 0 Å². The summed E-state index contributed by atoms with van der Waals surface area (Å²) in [7, 11) is 2.17. The molecule has 6 heteroatoms. The number of nitrogens with one attached hydrogen (secondary N) is 1. The van der Waals surface area contributed by atoms with E-state index in [0.29, 0.717) is 16.9 Å². The van der Waals surface area contributed by atoms with Crippen molar-refractivity contribution in [3.63, 3.8) is 0 Å². The Kier molecular flexibility index (Phi) is 5.75. The van der Waals surface area contributed by atoms with Gasteiger partial charge >= 0.3 is 0 Å². The molecule has 0 aliphatic carbocycles. The fourth-order valence-corrected chi connectivity index (χ4v) is 3.03. The van der Waals surface area contributed by atoms with Crippen LogP contribution in [0.15, 0.2) is 42.5 Å². The highest BCUT2D eigenvalue weighted by Gasteiger charge is 2.13. The predicted molar refractivity (Wildman–Crippen MR) is 107 cm³/mol. The number of nitrogens with two attached hydrogens (primary N) is 2. The van der Waals surface area contributed by atoms with Gasteiger partial charge in [-0.1, -0.05) is 12.1 Å². The lowest BCUT2D eigenvalue weighted by Crippen LogP contribution is -2.45. The lowest BCUT2D eigenvalue weighted by Gasteiger charge is -2.32. The van der Waals surface area contributed by atoms with E-state index in [1.807, 2.05) is 12.1 Å². The van der Waals surface area contributed by atoms with Crippen LogP contribution in [0, 0.1) is 0 Å². The Morgan fingerprint density at radius 1 is 1.00 bits per heavy atom. The highest BCUT2D eigenvalue weighted by Crippen LogP contribution is 2.18. The van der Waals surface area contributed by atoms with Crippen molar-refractivity contribution >= 4 is 23.0 Å². The predicted octanol–water partition coefficient (Wildman–Crippen LogP) is 1.89. The van der Waals surface area contributed by atoms with E-state index in [-0.39, 0.29) is 5.91 Å². The molecule has 0 bridgehead atoms. The fraction of sp³-hybridized carbons (Fsp3) is 0.350. The molecule has 0 aromatic heterocycles. The van der Waals surface area contributed by atoms with Gasteiger partial charge in [0.15, 0.2) is 0 Å². The van der Waals surface area contributed by atoms with Crippen molar-refractivity contribution in [1.29, 1.82) is 0 Å². The van der Waals surface area contributed by atoms with E-state index in [1.165, 1.54) is 5.56 Å². The second-order valence-corrected chi connectivity index (χ2v) is 6.89. The van der Waals surface area contributed by atoms with Crippen LogP contribution in [-0.4, -0.2) is 55.5 Å². The van der Waals surface area contributed by atoms with Crippen molar-refractivity contribution in [1.82, 2.24) is 9.80 Å². The van der Waals surface area contributed by atoms with E-state index in [2.05, 4.69) is 34.3 Å². The maximum Gasteiger partial charge on any atom is 0.255 e. The molecule has 0 spiro atoms. The molecule has 2 aromatic rings. The summed E-state index contributed by atoms with van der Waals surface area (Å²) in [6, 6.07) is 12.9. The molecular weight excluding hydrogens is 326 g/mol. The number of nitrogens with zero attached hydrogens (tertiary/aromatic N) is 2.